The smallest absolute Gasteiger partial charge is 0.220 e. The lowest BCUT2D eigenvalue weighted by Gasteiger charge is -2.42. The van der Waals surface area contributed by atoms with Crippen LogP contribution in [-0.4, -0.2) is 297 Å². The van der Waals surface area contributed by atoms with E-state index in [2.05, 4.69) is 21.3 Å². The van der Waals surface area contributed by atoms with Gasteiger partial charge in [0.1, 0.15) is 82.8 Å². The van der Waals surface area contributed by atoms with Crippen LogP contribution in [0.15, 0.2) is 18.2 Å². The zero-order chi connectivity index (χ0) is 96.6. The fourth-order valence-corrected chi connectivity index (χ4v) is 15.9. The van der Waals surface area contributed by atoms with Crippen LogP contribution in [0.3, 0.4) is 0 Å². The summed E-state index contributed by atoms with van der Waals surface area (Å²) in [6.45, 7) is 12.2. The predicted octanol–water partition coefficient (Wildman–Crippen LogP) is 7.24. The molecule has 0 bridgehead atoms. The molecule has 0 spiro atoms. The minimum absolute atomic E-state index is 0.00976. The highest BCUT2D eigenvalue weighted by Crippen LogP contribution is 2.32. The molecule has 4 amide bonds. The van der Waals surface area contributed by atoms with Gasteiger partial charge in [-0.2, -0.15) is 0 Å². The molecule has 2 fully saturated rings. The second-order valence-corrected chi connectivity index (χ2v) is 34.8. The molecule has 0 aliphatic carbocycles. The number of amides is 4. The van der Waals surface area contributed by atoms with Crippen molar-refractivity contribution in [2.24, 2.45) is 5.92 Å². The molecule has 11 N–H and O–H groups in total. The number of methoxy groups -OCH3 is 1. The number of aliphatic hydroxyl groups is 7. The molecule has 0 radical (unpaired) electrons. The summed E-state index contributed by atoms with van der Waals surface area (Å²) < 4.78 is 61.5. The van der Waals surface area contributed by atoms with Crippen LogP contribution in [-0.2, 0) is 134 Å². The largest absolute Gasteiger partial charge is 0.394 e. The predicted molar refractivity (Wildman–Crippen MR) is 483 cm³/mol. The molecule has 0 saturated carbocycles. The minimum atomic E-state index is -1.45. The number of rotatable bonds is 84. The summed E-state index contributed by atoms with van der Waals surface area (Å²) >= 11 is 0. The molecule has 2 heterocycles. The number of ether oxygens (including phenoxy) is 11. The van der Waals surface area contributed by atoms with E-state index in [1.54, 1.807) is 14.0 Å². The SMILES string of the molecule is CCCC(=O)CCC(CCC(=O)CCC)(CCC(=O)CCCOCCOCCOCCOC1O[C@H](CO)[C@H](O)[C@H](O)[C@H]1C)NC(=O)CCC(=O)CC[C@@H](NC(=O)CCCCCCCCC(=O)Cc1cc(CO)cc(COC)c1)C(=O)CCC(=O)NC(CCC(=O)CCC)(CCC(=O)CCC)CCC(=O)CCCOCCOCCOCCOC1O[C@H](CO)[C@H](O)[C@H](O)[C@H]1NC(C)=O. The van der Waals surface area contributed by atoms with E-state index in [0.29, 0.717) is 76.4 Å². The van der Waals surface area contributed by atoms with Gasteiger partial charge in [-0.05, 0) is 113 Å². The third kappa shape index (κ3) is 52.4. The maximum atomic E-state index is 14.6. The topological polar surface area (TPSA) is 513 Å². The molecule has 35 heteroatoms. The first kappa shape index (κ1) is 119. The lowest BCUT2D eigenvalue weighted by molar-refractivity contribution is -0.284. The molecule has 1 aromatic carbocycles. The highest BCUT2D eigenvalue weighted by atomic mass is 16.7. The number of hydrogen-bond acceptors (Lipinski definition) is 31. The lowest BCUT2D eigenvalue weighted by atomic mass is 9.81. The van der Waals surface area contributed by atoms with Crippen molar-refractivity contribution in [1.82, 2.24) is 21.3 Å². The first-order valence-electron chi connectivity index (χ1n) is 47.9. The van der Waals surface area contributed by atoms with Gasteiger partial charge in [-0.3, -0.25) is 62.3 Å². The Morgan fingerprint density at radius 2 is 0.748 bits per heavy atom. The summed E-state index contributed by atoms with van der Waals surface area (Å²) in [6.07, 6.45) is -1.09. The Morgan fingerprint density at radius 1 is 0.382 bits per heavy atom. The van der Waals surface area contributed by atoms with E-state index in [1.165, 1.54) is 6.92 Å². The molecule has 1 aromatic rings. The van der Waals surface area contributed by atoms with Gasteiger partial charge in [-0.25, -0.2) is 0 Å². The summed E-state index contributed by atoms with van der Waals surface area (Å²) in [7, 11) is 1.58. The summed E-state index contributed by atoms with van der Waals surface area (Å²) in [6, 6.07) is 3.22. The van der Waals surface area contributed by atoms with Gasteiger partial charge in [0.25, 0.3) is 0 Å². The number of hydrogen-bond donors (Lipinski definition) is 11. The molecule has 750 valence electrons. The minimum Gasteiger partial charge on any atom is -0.394 e. The number of aliphatic hydroxyl groups excluding tert-OH is 7. The van der Waals surface area contributed by atoms with E-state index in [9.17, 15) is 98.1 Å². The van der Waals surface area contributed by atoms with Crippen LogP contribution in [0.5, 0.6) is 0 Å². The van der Waals surface area contributed by atoms with E-state index in [-0.39, 0.29) is 294 Å². The molecule has 2 saturated heterocycles. The third-order valence-electron chi connectivity index (χ3n) is 23.4. The average molecular weight is 1870 g/mol. The Balaban J connectivity index is 1.70. The number of carbonyl (C=O) groups is 13. The van der Waals surface area contributed by atoms with Gasteiger partial charge in [-0.15, -0.1) is 0 Å². The highest BCUT2D eigenvalue weighted by Gasteiger charge is 2.46. The second kappa shape index (κ2) is 71.0. The van der Waals surface area contributed by atoms with E-state index in [0.717, 1.165) is 30.4 Å². The number of benzene rings is 1. The van der Waals surface area contributed by atoms with E-state index >= 15 is 0 Å². The van der Waals surface area contributed by atoms with E-state index in [4.69, 9.17) is 52.1 Å². The van der Waals surface area contributed by atoms with Crippen LogP contribution < -0.4 is 21.3 Å². The van der Waals surface area contributed by atoms with Gasteiger partial charge in [-0.1, -0.05) is 78.5 Å². The summed E-state index contributed by atoms with van der Waals surface area (Å²) in [5, 5.41) is 81.4. The van der Waals surface area contributed by atoms with Crippen molar-refractivity contribution >= 4 is 75.7 Å². The average Bonchev–Trinajstić information content (AvgIpc) is 0.806. The van der Waals surface area contributed by atoms with Crippen molar-refractivity contribution in [2.45, 2.75) is 378 Å². The number of nitrogens with one attached hydrogen (secondary N) is 4. The fraction of sp³-hybridized carbons (Fsp3) is 0.802. The van der Waals surface area contributed by atoms with Crippen LogP contribution in [0, 0.1) is 5.92 Å². The molecular formula is C96H160N4O31. The molecule has 0 aromatic heterocycles. The Morgan fingerprint density at radius 3 is 1.18 bits per heavy atom. The molecule has 11 atom stereocenters. The van der Waals surface area contributed by atoms with Gasteiger partial charge in [0, 0.05) is 173 Å². The Kier molecular flexibility index (Phi) is 64.2. The zero-order valence-electron chi connectivity index (χ0n) is 79.3. The van der Waals surface area contributed by atoms with Gasteiger partial charge < -0.3 is 109 Å². The zero-order valence-corrected chi connectivity index (χ0v) is 79.3. The molecular weight excluding hydrogens is 1710 g/mol. The first-order chi connectivity index (χ1) is 62.9. The van der Waals surface area contributed by atoms with Crippen LogP contribution >= 0.6 is 0 Å². The normalized spacial score (nSPS) is 18.9. The first-order valence-corrected chi connectivity index (χ1v) is 47.9. The number of carbonyl (C=O) groups excluding carboxylic acids is 13. The van der Waals surface area contributed by atoms with Crippen LogP contribution in [0.1, 0.15) is 302 Å². The van der Waals surface area contributed by atoms with Crippen molar-refractivity contribution in [3.8, 4) is 0 Å². The molecule has 35 nitrogen and oxygen atoms in total. The van der Waals surface area contributed by atoms with E-state index in [1.807, 2.05) is 45.9 Å². The van der Waals surface area contributed by atoms with Crippen molar-refractivity contribution < 1.29 is 150 Å². The number of Topliss-reactive ketones (excluding diaryl/α,β-unsaturated/α-hetero) is 9. The van der Waals surface area contributed by atoms with Gasteiger partial charge in [0.2, 0.25) is 23.6 Å². The molecule has 3 rings (SSSR count). The maximum Gasteiger partial charge on any atom is 0.220 e. The fourth-order valence-electron chi connectivity index (χ4n) is 15.9. The molecule has 131 heavy (non-hydrogen) atoms. The standard InChI is InChI=1S/C96H160N4O31/c1-8-20-73(105)34-40-95(41-35-74(106)21-9-2,44-38-77(109)25-18-46-122-48-50-124-52-54-126-56-58-128-93-68(5)89(117)90(118)83(65-102)130-93)99-86(115)32-29-79(111)28-30-81(98-85(114)27-17-15-13-12-14-16-24-80(112)63-70-60-71(64-101)62-72(61-70)67-121-7)82(113)31-33-87(116)100-96(42-36-75(107)22-10-3,43-37-76(108)23-11-4)45-39-78(110)26-19-47-123-49-51-125-53-55-127-57-59-129-94-88(97-69(6)104)92(120)91(119)84(66-103)131-94/h60-62,68,81,83-84,88-94,101-103,117-120H,8-59,63-67H2,1-7H3,(H,97,104)(H,98,114)(H,99,115)(H,100,116)/t68-,81-,83-,84-,88-,89-,90+,91+,92-,93?,94?/m1/s1. The molecule has 2 unspecified atom stereocenters. The summed E-state index contributed by atoms with van der Waals surface area (Å²) in [5.74, 6) is -4.06. The molecule has 2 aliphatic heterocycles. The lowest BCUT2D eigenvalue weighted by Crippen LogP contribution is -2.64. The number of ketones is 9. The third-order valence-corrected chi connectivity index (χ3v) is 23.4. The Hall–Kier alpha value is -6.59. The monoisotopic (exact) mass is 1870 g/mol. The van der Waals surface area contributed by atoms with Crippen LogP contribution in [0.25, 0.3) is 0 Å². The van der Waals surface area contributed by atoms with Crippen LogP contribution in [0.4, 0.5) is 0 Å². The maximum absolute atomic E-state index is 14.6. The second-order valence-electron chi connectivity index (χ2n) is 34.8. The summed E-state index contributed by atoms with van der Waals surface area (Å²) in [5.41, 5.74) is -0.0131. The van der Waals surface area contributed by atoms with Crippen LogP contribution in [0.2, 0.25) is 0 Å². The van der Waals surface area contributed by atoms with E-state index < -0.39 is 140 Å². The summed E-state index contributed by atoms with van der Waals surface area (Å²) in [4.78, 5) is 176. The van der Waals surface area contributed by atoms with Crippen molar-refractivity contribution in [2.75, 3.05) is 113 Å². The van der Waals surface area contributed by atoms with Gasteiger partial charge in [0.15, 0.2) is 18.4 Å². The van der Waals surface area contributed by atoms with Gasteiger partial charge >= 0.3 is 0 Å². The van der Waals surface area contributed by atoms with Crippen molar-refractivity contribution in [3.63, 3.8) is 0 Å². The van der Waals surface area contributed by atoms with Gasteiger partial charge in [0.05, 0.1) is 118 Å². The van der Waals surface area contributed by atoms with Crippen molar-refractivity contribution in [3.05, 3.63) is 34.9 Å². The Labute approximate surface area is 774 Å². The number of unbranched alkanes of at least 4 members (excludes halogenated alkanes) is 5. The van der Waals surface area contributed by atoms with Crippen molar-refractivity contribution in [1.29, 1.82) is 0 Å². The highest BCUT2D eigenvalue weighted by molar-refractivity contribution is 5.93. The Bertz CT molecular complexity index is 3430. The molecule has 2 aliphatic rings. The quantitative estimate of drug-likeness (QED) is 0.0286.